The number of aliphatic hydroxyl groups excluding tert-OH is 1. The number of carbonyl (C=O) groups excluding carboxylic acids is 4. The van der Waals surface area contributed by atoms with Gasteiger partial charge in [-0.3, -0.25) is 37.3 Å². The zero-order chi connectivity index (χ0) is 61.0. The van der Waals surface area contributed by atoms with Gasteiger partial charge in [0.2, 0.25) is 0 Å². The van der Waals surface area contributed by atoms with E-state index in [0.717, 1.165) is 108 Å². The van der Waals surface area contributed by atoms with Gasteiger partial charge in [-0.2, -0.15) is 0 Å². The predicted octanol–water partition coefficient (Wildman–Crippen LogP) is 17.1. The van der Waals surface area contributed by atoms with Crippen LogP contribution >= 0.6 is 15.6 Å². The van der Waals surface area contributed by atoms with Crippen LogP contribution in [0.25, 0.3) is 0 Å². The van der Waals surface area contributed by atoms with E-state index in [1.165, 1.54) is 109 Å². The van der Waals surface area contributed by atoms with Gasteiger partial charge in [0.1, 0.15) is 19.3 Å². The maximum atomic E-state index is 13.0. The molecule has 0 saturated carbocycles. The second-order valence-corrected chi connectivity index (χ2v) is 26.9. The summed E-state index contributed by atoms with van der Waals surface area (Å²) in [5, 5.41) is 10.5. The molecule has 0 heterocycles. The first-order valence-corrected chi connectivity index (χ1v) is 35.9. The summed E-state index contributed by atoms with van der Waals surface area (Å²) in [6, 6.07) is 0. The van der Waals surface area contributed by atoms with Crippen LogP contribution in [0.2, 0.25) is 0 Å². The monoisotopic (exact) mass is 1210 g/mol. The van der Waals surface area contributed by atoms with Crippen LogP contribution < -0.4 is 0 Å². The molecule has 17 nitrogen and oxygen atoms in total. The van der Waals surface area contributed by atoms with E-state index in [0.29, 0.717) is 31.6 Å². The summed E-state index contributed by atoms with van der Waals surface area (Å²) in [7, 11) is -9.88. The highest BCUT2D eigenvalue weighted by molar-refractivity contribution is 7.47. The topological polar surface area (TPSA) is 237 Å². The van der Waals surface area contributed by atoms with Crippen LogP contribution in [-0.4, -0.2) is 96.7 Å². The molecule has 82 heavy (non-hydrogen) atoms. The lowest BCUT2D eigenvalue weighted by molar-refractivity contribution is -0.161. The number of hydrogen-bond donors (Lipinski definition) is 3. The van der Waals surface area contributed by atoms with E-state index in [2.05, 4.69) is 48.5 Å². The molecule has 0 aromatic heterocycles. The first-order valence-electron chi connectivity index (χ1n) is 32.9. The number of aliphatic hydroxyl groups is 1. The van der Waals surface area contributed by atoms with Gasteiger partial charge in [0.15, 0.2) is 12.2 Å². The molecule has 19 heteroatoms. The van der Waals surface area contributed by atoms with E-state index in [9.17, 15) is 43.2 Å². The first-order chi connectivity index (χ1) is 39.3. The molecule has 0 aromatic carbocycles. The lowest BCUT2D eigenvalue weighted by Crippen LogP contribution is -2.30. The second-order valence-electron chi connectivity index (χ2n) is 24.0. The Kier molecular flexibility index (Phi) is 53.2. The van der Waals surface area contributed by atoms with Gasteiger partial charge in [-0.1, -0.05) is 254 Å². The predicted molar refractivity (Wildman–Crippen MR) is 326 cm³/mol. The number of phosphoric acid groups is 2. The van der Waals surface area contributed by atoms with Crippen LogP contribution in [0, 0.1) is 17.8 Å². The minimum absolute atomic E-state index is 0.102. The summed E-state index contributed by atoms with van der Waals surface area (Å²) in [5.74, 6) is 0.101. The summed E-state index contributed by atoms with van der Waals surface area (Å²) in [6.45, 7) is 11.6. The number of unbranched alkanes of at least 4 members (excludes halogenated alkanes) is 28. The van der Waals surface area contributed by atoms with Crippen molar-refractivity contribution in [1.29, 1.82) is 0 Å². The Bertz CT molecular complexity index is 1630. The maximum Gasteiger partial charge on any atom is 0.472 e. The van der Waals surface area contributed by atoms with E-state index in [4.69, 9.17) is 37.0 Å². The minimum atomic E-state index is -4.94. The van der Waals surface area contributed by atoms with E-state index >= 15 is 0 Å². The van der Waals surface area contributed by atoms with Crippen molar-refractivity contribution in [3.8, 4) is 0 Å². The molecule has 0 spiro atoms. The number of ether oxygens (including phenoxy) is 4. The number of rotatable bonds is 61. The molecule has 0 aliphatic carbocycles. The summed E-state index contributed by atoms with van der Waals surface area (Å²) >= 11 is 0. The van der Waals surface area contributed by atoms with Crippen LogP contribution in [0.4, 0.5) is 0 Å². The highest BCUT2D eigenvalue weighted by atomic mass is 31.2. The average molecular weight is 1210 g/mol. The third kappa shape index (κ3) is 55.9. The van der Waals surface area contributed by atoms with Gasteiger partial charge in [-0.25, -0.2) is 9.13 Å². The molecule has 0 amide bonds. The largest absolute Gasteiger partial charge is 0.472 e. The van der Waals surface area contributed by atoms with Crippen molar-refractivity contribution in [1.82, 2.24) is 0 Å². The number of esters is 4. The van der Waals surface area contributed by atoms with Crippen molar-refractivity contribution in [2.45, 2.75) is 324 Å². The molecule has 3 unspecified atom stereocenters. The summed E-state index contributed by atoms with van der Waals surface area (Å²) in [4.78, 5) is 71.9. The molecule has 0 saturated heterocycles. The lowest BCUT2D eigenvalue weighted by atomic mass is 9.99. The average Bonchev–Trinajstić information content (AvgIpc) is 3.43. The van der Waals surface area contributed by atoms with Crippen molar-refractivity contribution in [2.75, 3.05) is 39.6 Å². The van der Waals surface area contributed by atoms with Crippen LogP contribution in [0.3, 0.4) is 0 Å². The summed E-state index contributed by atoms with van der Waals surface area (Å²) < 4.78 is 67.8. The van der Waals surface area contributed by atoms with Gasteiger partial charge in [0.25, 0.3) is 0 Å². The molecule has 0 bridgehead atoms. The lowest BCUT2D eigenvalue weighted by Gasteiger charge is -2.21. The Morgan fingerprint density at radius 1 is 0.354 bits per heavy atom. The molecule has 0 aliphatic rings. The second kappa shape index (κ2) is 54.5. The minimum Gasteiger partial charge on any atom is -0.462 e. The van der Waals surface area contributed by atoms with Crippen molar-refractivity contribution in [2.24, 2.45) is 17.8 Å². The van der Waals surface area contributed by atoms with E-state index in [-0.39, 0.29) is 25.7 Å². The van der Waals surface area contributed by atoms with Crippen LogP contribution in [0.1, 0.15) is 305 Å². The molecule has 0 fully saturated rings. The zero-order valence-electron chi connectivity index (χ0n) is 52.9. The Hall–Kier alpha value is -1.94. The van der Waals surface area contributed by atoms with E-state index in [1.807, 2.05) is 0 Å². The fourth-order valence-electron chi connectivity index (χ4n) is 9.27. The van der Waals surface area contributed by atoms with Gasteiger partial charge in [-0.05, 0) is 43.4 Å². The SMILES string of the molecule is CCCCCCCC(=O)OC[C@H](COP(=O)(O)OC[C@H](O)COP(=O)(O)OC[C@@H](COC(=O)CCCCCCCCCCC(C)CC)OC(=O)CCCCCCCCCCCCCCC(C)C)OC(=O)CCCCCCCCCC(C)C. The maximum absolute atomic E-state index is 13.0. The Balaban J connectivity index is 5.19. The Morgan fingerprint density at radius 2 is 0.622 bits per heavy atom. The standard InChI is InChI=1S/C63H122O17P2/c1-8-10-11-27-37-44-60(65)73-50-58(79-63(68)47-40-33-26-20-22-29-35-42-55(5)6)52-77-81(69,70)75-48-57(64)49-76-82(71,72)78-53-59(51-74-61(66)45-38-31-24-19-18-23-30-36-43-56(7)9-2)80-62(67)46-39-32-25-17-15-13-12-14-16-21-28-34-41-54(3)4/h54-59,64H,8-53H2,1-7H3,(H,69,70)(H,71,72)/t56?,57-,58+,59+/m0/s1. The molecule has 6 atom stereocenters. The molecule has 0 aliphatic heterocycles. The van der Waals surface area contributed by atoms with Crippen LogP contribution in [0.5, 0.6) is 0 Å². The molecule has 0 radical (unpaired) electrons. The quantitative estimate of drug-likeness (QED) is 0.0222. The fourth-order valence-corrected chi connectivity index (χ4v) is 10.9. The Morgan fingerprint density at radius 3 is 0.927 bits per heavy atom. The van der Waals surface area contributed by atoms with Crippen LogP contribution in [0.15, 0.2) is 0 Å². The number of hydrogen-bond acceptors (Lipinski definition) is 15. The third-order valence-corrected chi connectivity index (χ3v) is 16.6. The first kappa shape index (κ1) is 80.1. The van der Waals surface area contributed by atoms with Gasteiger partial charge in [0.05, 0.1) is 26.4 Å². The summed E-state index contributed by atoms with van der Waals surface area (Å²) in [5.41, 5.74) is 0. The van der Waals surface area contributed by atoms with Gasteiger partial charge >= 0.3 is 39.5 Å². The molecule has 0 rings (SSSR count). The van der Waals surface area contributed by atoms with Crippen molar-refractivity contribution < 1.29 is 80.2 Å². The number of phosphoric ester groups is 2. The molecular formula is C63H122O17P2. The van der Waals surface area contributed by atoms with E-state index in [1.54, 1.807) is 0 Å². The molecule has 486 valence electrons. The molecule has 0 aromatic rings. The third-order valence-electron chi connectivity index (χ3n) is 14.7. The highest BCUT2D eigenvalue weighted by Crippen LogP contribution is 2.45. The molecular weight excluding hydrogens is 1090 g/mol. The Labute approximate surface area is 498 Å². The van der Waals surface area contributed by atoms with E-state index < -0.39 is 97.5 Å². The van der Waals surface area contributed by atoms with Gasteiger partial charge < -0.3 is 33.8 Å². The number of carbonyl (C=O) groups is 4. The van der Waals surface area contributed by atoms with Gasteiger partial charge in [-0.15, -0.1) is 0 Å². The van der Waals surface area contributed by atoms with Crippen molar-refractivity contribution in [3.63, 3.8) is 0 Å². The van der Waals surface area contributed by atoms with Crippen LogP contribution in [-0.2, 0) is 65.4 Å². The zero-order valence-corrected chi connectivity index (χ0v) is 54.7. The normalized spacial score (nSPS) is 14.7. The highest BCUT2D eigenvalue weighted by Gasteiger charge is 2.30. The van der Waals surface area contributed by atoms with Gasteiger partial charge in [0, 0.05) is 25.7 Å². The molecule has 3 N–H and O–H groups in total. The fraction of sp³-hybridized carbons (Fsp3) is 0.937. The van der Waals surface area contributed by atoms with Crippen molar-refractivity contribution in [3.05, 3.63) is 0 Å². The summed E-state index contributed by atoms with van der Waals surface area (Å²) in [6.07, 6.45) is 35.2. The van der Waals surface area contributed by atoms with Crippen molar-refractivity contribution >= 4 is 39.5 Å². The smallest absolute Gasteiger partial charge is 0.462 e.